The number of benzene rings is 2. The second-order valence-corrected chi connectivity index (χ2v) is 5.92. The van der Waals surface area contributed by atoms with Gasteiger partial charge in [0.25, 0.3) is 5.91 Å². The molecule has 10 heteroatoms. The molecule has 0 atom stereocenters. The number of hydrogen-bond donors (Lipinski definition) is 2. The van der Waals surface area contributed by atoms with E-state index in [2.05, 4.69) is 15.9 Å². The van der Waals surface area contributed by atoms with Gasteiger partial charge in [-0.3, -0.25) is 4.79 Å². The lowest BCUT2D eigenvalue weighted by Gasteiger charge is -2.16. The standard InChI is InChI=1S/C15H8BrF6NO2/c16-9-4-10(12(24)11(5-9)13(23)25)6-1-7(14(17,18)19)3-8(2-6)15(20,21)22/h1-5,24H,(H2,23,25). The number of carbonyl (C=O) groups is 1. The van der Waals surface area contributed by atoms with Crippen molar-refractivity contribution >= 4 is 21.8 Å². The zero-order chi connectivity index (χ0) is 19.2. The Labute approximate surface area is 145 Å². The molecule has 2 aromatic carbocycles. The van der Waals surface area contributed by atoms with Crippen LogP contribution in [0.5, 0.6) is 5.75 Å². The molecule has 0 unspecified atom stereocenters. The Morgan fingerprint density at radius 2 is 1.40 bits per heavy atom. The smallest absolute Gasteiger partial charge is 0.416 e. The lowest BCUT2D eigenvalue weighted by atomic mass is 9.96. The van der Waals surface area contributed by atoms with Crippen LogP contribution >= 0.6 is 15.9 Å². The molecule has 0 saturated carbocycles. The first-order chi connectivity index (χ1) is 11.3. The predicted molar refractivity (Wildman–Crippen MR) is 79.8 cm³/mol. The fourth-order valence-corrected chi connectivity index (χ4v) is 2.58. The Bertz CT molecular complexity index is 813. The minimum absolute atomic E-state index is 0.0342. The fourth-order valence-electron chi connectivity index (χ4n) is 2.12. The van der Waals surface area contributed by atoms with Crippen molar-refractivity contribution in [3.63, 3.8) is 0 Å². The van der Waals surface area contributed by atoms with Crippen LogP contribution in [0.3, 0.4) is 0 Å². The normalized spacial score (nSPS) is 12.3. The van der Waals surface area contributed by atoms with Gasteiger partial charge in [-0.1, -0.05) is 15.9 Å². The Hall–Kier alpha value is -2.23. The molecule has 3 N–H and O–H groups in total. The maximum Gasteiger partial charge on any atom is 0.416 e. The molecule has 134 valence electrons. The zero-order valence-electron chi connectivity index (χ0n) is 12.0. The highest BCUT2D eigenvalue weighted by Gasteiger charge is 2.37. The van der Waals surface area contributed by atoms with Crippen LogP contribution in [0.25, 0.3) is 11.1 Å². The van der Waals surface area contributed by atoms with E-state index in [1.807, 2.05) is 0 Å². The third-order valence-corrected chi connectivity index (χ3v) is 3.70. The summed E-state index contributed by atoms with van der Waals surface area (Å²) in [6, 6.07) is 3.04. The van der Waals surface area contributed by atoms with E-state index >= 15 is 0 Å². The molecule has 2 rings (SSSR count). The van der Waals surface area contributed by atoms with E-state index in [9.17, 15) is 36.2 Å². The van der Waals surface area contributed by atoms with Crippen molar-refractivity contribution in [1.29, 1.82) is 0 Å². The van der Waals surface area contributed by atoms with Gasteiger partial charge < -0.3 is 10.8 Å². The highest BCUT2D eigenvalue weighted by Crippen LogP contribution is 2.42. The number of alkyl halides is 6. The Morgan fingerprint density at radius 3 is 1.80 bits per heavy atom. The maximum atomic E-state index is 12.9. The van der Waals surface area contributed by atoms with Crippen molar-refractivity contribution in [2.45, 2.75) is 12.4 Å². The molecule has 25 heavy (non-hydrogen) atoms. The number of aromatic hydroxyl groups is 1. The molecule has 0 aliphatic carbocycles. The topological polar surface area (TPSA) is 63.3 Å². The molecular formula is C15H8BrF6NO2. The van der Waals surface area contributed by atoms with Crippen LogP contribution in [0.15, 0.2) is 34.8 Å². The lowest BCUT2D eigenvalue weighted by molar-refractivity contribution is -0.143. The predicted octanol–water partition coefficient (Wildman–Crippen LogP) is 4.96. The number of primary amides is 1. The molecule has 0 bridgehead atoms. The summed E-state index contributed by atoms with van der Waals surface area (Å²) in [5.41, 5.74) is 0.543. The summed E-state index contributed by atoms with van der Waals surface area (Å²) in [6.45, 7) is 0. The number of nitrogens with two attached hydrogens (primary N) is 1. The van der Waals surface area contributed by atoms with E-state index in [4.69, 9.17) is 5.73 Å². The van der Waals surface area contributed by atoms with Crippen molar-refractivity contribution in [3.8, 4) is 16.9 Å². The summed E-state index contributed by atoms with van der Waals surface area (Å²) in [5.74, 6) is -1.91. The van der Waals surface area contributed by atoms with Crippen LogP contribution in [-0.4, -0.2) is 11.0 Å². The monoisotopic (exact) mass is 427 g/mol. The molecule has 0 fully saturated rings. The van der Waals surface area contributed by atoms with Gasteiger partial charge in [0.2, 0.25) is 0 Å². The van der Waals surface area contributed by atoms with Crippen molar-refractivity contribution in [1.82, 2.24) is 0 Å². The summed E-state index contributed by atoms with van der Waals surface area (Å²) < 4.78 is 77.7. The van der Waals surface area contributed by atoms with E-state index in [0.29, 0.717) is 12.1 Å². The average molecular weight is 428 g/mol. The van der Waals surface area contributed by atoms with Crippen molar-refractivity contribution < 1.29 is 36.2 Å². The first kappa shape index (κ1) is 19.1. The van der Waals surface area contributed by atoms with Crippen LogP contribution < -0.4 is 5.73 Å². The van der Waals surface area contributed by atoms with Crippen LogP contribution in [-0.2, 0) is 12.4 Å². The van der Waals surface area contributed by atoms with Crippen LogP contribution in [0.2, 0.25) is 0 Å². The molecular weight excluding hydrogens is 420 g/mol. The number of phenols is 1. The quantitative estimate of drug-likeness (QED) is 0.665. The SMILES string of the molecule is NC(=O)c1cc(Br)cc(-c2cc(C(F)(F)F)cc(C(F)(F)F)c2)c1O. The Kier molecular flexibility index (Phi) is 4.77. The minimum atomic E-state index is -5.04. The first-order valence-electron chi connectivity index (χ1n) is 6.43. The van der Waals surface area contributed by atoms with Gasteiger partial charge in [0, 0.05) is 10.0 Å². The highest BCUT2D eigenvalue weighted by atomic mass is 79.9. The molecule has 3 nitrogen and oxygen atoms in total. The largest absolute Gasteiger partial charge is 0.506 e. The third-order valence-electron chi connectivity index (χ3n) is 3.24. The van der Waals surface area contributed by atoms with Crippen molar-refractivity contribution in [2.75, 3.05) is 0 Å². The van der Waals surface area contributed by atoms with Crippen molar-refractivity contribution in [3.05, 3.63) is 51.5 Å². The second kappa shape index (κ2) is 6.25. The van der Waals surface area contributed by atoms with Gasteiger partial charge in [-0.15, -0.1) is 0 Å². The Morgan fingerprint density at radius 1 is 0.920 bits per heavy atom. The second-order valence-electron chi connectivity index (χ2n) is 5.01. The zero-order valence-corrected chi connectivity index (χ0v) is 13.6. The van der Waals surface area contributed by atoms with Gasteiger partial charge >= 0.3 is 12.4 Å². The number of rotatable bonds is 2. The van der Waals surface area contributed by atoms with Gasteiger partial charge in [0.1, 0.15) is 5.75 Å². The van der Waals surface area contributed by atoms with Crippen LogP contribution in [0.1, 0.15) is 21.5 Å². The van der Waals surface area contributed by atoms with E-state index in [1.165, 1.54) is 0 Å². The number of hydrogen-bond acceptors (Lipinski definition) is 2. The summed E-state index contributed by atoms with van der Waals surface area (Å²) in [4.78, 5) is 11.3. The molecule has 0 saturated heterocycles. The van der Waals surface area contributed by atoms with Crippen molar-refractivity contribution in [2.24, 2.45) is 5.73 Å². The number of amides is 1. The molecule has 0 radical (unpaired) electrons. The van der Waals surface area contributed by atoms with Gasteiger partial charge in [0.15, 0.2) is 0 Å². The van der Waals surface area contributed by atoms with Gasteiger partial charge in [0.05, 0.1) is 16.7 Å². The van der Waals surface area contributed by atoms with E-state index < -0.39 is 51.8 Å². The molecule has 2 aromatic rings. The summed E-state index contributed by atoms with van der Waals surface area (Å²) in [6.07, 6.45) is -10.1. The fraction of sp³-hybridized carbons (Fsp3) is 0.133. The summed E-state index contributed by atoms with van der Waals surface area (Å²) in [7, 11) is 0. The van der Waals surface area contributed by atoms with E-state index in [-0.39, 0.29) is 10.5 Å². The average Bonchev–Trinajstić information content (AvgIpc) is 2.46. The lowest BCUT2D eigenvalue weighted by Crippen LogP contribution is -2.12. The van der Waals surface area contributed by atoms with Gasteiger partial charge in [-0.2, -0.15) is 26.3 Å². The molecule has 1 amide bonds. The molecule has 0 aromatic heterocycles. The molecule has 0 aliphatic heterocycles. The molecule has 0 heterocycles. The summed E-state index contributed by atoms with van der Waals surface area (Å²) in [5, 5.41) is 10.0. The summed E-state index contributed by atoms with van der Waals surface area (Å²) >= 11 is 2.97. The van der Waals surface area contributed by atoms with E-state index in [0.717, 1.165) is 12.1 Å². The molecule has 0 aliphatic rings. The maximum absolute atomic E-state index is 12.9. The highest BCUT2D eigenvalue weighted by molar-refractivity contribution is 9.10. The first-order valence-corrected chi connectivity index (χ1v) is 7.22. The minimum Gasteiger partial charge on any atom is -0.506 e. The van der Waals surface area contributed by atoms with Crippen LogP contribution in [0.4, 0.5) is 26.3 Å². The Balaban J connectivity index is 2.82. The number of halogens is 7. The number of carbonyl (C=O) groups excluding carboxylic acids is 1. The van der Waals surface area contributed by atoms with Gasteiger partial charge in [-0.05, 0) is 35.9 Å². The van der Waals surface area contributed by atoms with Gasteiger partial charge in [-0.25, -0.2) is 0 Å². The molecule has 0 spiro atoms. The van der Waals surface area contributed by atoms with Crippen LogP contribution in [0, 0.1) is 0 Å². The third kappa shape index (κ3) is 4.06. The van der Waals surface area contributed by atoms with E-state index in [1.54, 1.807) is 0 Å².